The van der Waals surface area contributed by atoms with E-state index in [2.05, 4.69) is 6.58 Å². The van der Waals surface area contributed by atoms with Gasteiger partial charge in [0, 0.05) is 12.0 Å². The van der Waals surface area contributed by atoms with Gasteiger partial charge in [-0.05, 0) is 29.3 Å². The summed E-state index contributed by atoms with van der Waals surface area (Å²) in [5.74, 6) is -1.10. The molecular formula is C15H13ClO4. The van der Waals surface area contributed by atoms with Crippen molar-refractivity contribution in [2.45, 2.75) is 6.42 Å². The van der Waals surface area contributed by atoms with Crippen molar-refractivity contribution in [1.82, 2.24) is 0 Å². The average molecular weight is 293 g/mol. The molecule has 0 aliphatic carbocycles. The van der Waals surface area contributed by atoms with Crippen molar-refractivity contribution < 1.29 is 20.4 Å². The van der Waals surface area contributed by atoms with E-state index in [1.807, 2.05) is 0 Å². The van der Waals surface area contributed by atoms with Gasteiger partial charge in [-0.2, -0.15) is 0 Å². The Balaban J connectivity index is 2.31. The van der Waals surface area contributed by atoms with Gasteiger partial charge in [-0.1, -0.05) is 30.3 Å². The van der Waals surface area contributed by atoms with Crippen LogP contribution in [0.1, 0.15) is 11.1 Å². The van der Waals surface area contributed by atoms with E-state index in [-0.39, 0.29) is 22.9 Å². The third kappa shape index (κ3) is 2.65. The Kier molecular flexibility index (Phi) is 3.77. The first-order chi connectivity index (χ1) is 9.40. The molecule has 2 aromatic carbocycles. The van der Waals surface area contributed by atoms with Crippen LogP contribution < -0.4 is 0 Å². The lowest BCUT2D eigenvalue weighted by Crippen LogP contribution is -1.91. The monoisotopic (exact) mass is 292 g/mol. The van der Waals surface area contributed by atoms with Gasteiger partial charge in [0.15, 0.2) is 11.5 Å². The van der Waals surface area contributed by atoms with Crippen LogP contribution in [-0.2, 0) is 6.42 Å². The van der Waals surface area contributed by atoms with Gasteiger partial charge in [0.05, 0.1) is 0 Å². The standard InChI is InChI=1S/C15H13ClO4/c1-8(9-2-4-11(17)5-3-9)6-10-7-12(18)15(20)13(16)14(10)19/h2-5,7,17-20H,1,6H2. The Morgan fingerprint density at radius 2 is 1.60 bits per heavy atom. The average Bonchev–Trinajstić information content (AvgIpc) is 2.43. The Hall–Kier alpha value is -2.33. The van der Waals surface area contributed by atoms with Crippen LogP contribution in [0.2, 0.25) is 5.02 Å². The molecule has 4 nitrogen and oxygen atoms in total. The van der Waals surface area contributed by atoms with Gasteiger partial charge in [0.2, 0.25) is 0 Å². The summed E-state index contributed by atoms with van der Waals surface area (Å²) in [6.45, 7) is 3.89. The SMILES string of the molecule is C=C(Cc1cc(O)c(O)c(Cl)c1O)c1ccc(O)cc1. The van der Waals surface area contributed by atoms with Crippen molar-refractivity contribution in [3.8, 4) is 23.0 Å². The van der Waals surface area contributed by atoms with Crippen molar-refractivity contribution in [3.05, 3.63) is 53.1 Å². The fourth-order valence-corrected chi connectivity index (χ4v) is 2.05. The van der Waals surface area contributed by atoms with Crippen LogP contribution in [0, 0.1) is 0 Å². The second kappa shape index (κ2) is 5.35. The Morgan fingerprint density at radius 1 is 1.00 bits per heavy atom. The Labute approximate surface area is 120 Å². The van der Waals surface area contributed by atoms with Gasteiger partial charge in [-0.15, -0.1) is 0 Å². The van der Waals surface area contributed by atoms with Crippen LogP contribution in [-0.4, -0.2) is 20.4 Å². The van der Waals surface area contributed by atoms with Crippen molar-refractivity contribution in [2.75, 3.05) is 0 Å². The number of hydrogen-bond acceptors (Lipinski definition) is 4. The van der Waals surface area contributed by atoms with Crippen molar-refractivity contribution in [2.24, 2.45) is 0 Å². The van der Waals surface area contributed by atoms with Gasteiger partial charge in [0.1, 0.15) is 16.5 Å². The van der Waals surface area contributed by atoms with Crippen LogP contribution in [0.15, 0.2) is 36.9 Å². The van der Waals surface area contributed by atoms with Crippen LogP contribution in [0.5, 0.6) is 23.0 Å². The van der Waals surface area contributed by atoms with Crippen molar-refractivity contribution in [1.29, 1.82) is 0 Å². The predicted molar refractivity (Wildman–Crippen MR) is 77.3 cm³/mol. The number of halogens is 1. The van der Waals surface area contributed by atoms with Gasteiger partial charge < -0.3 is 20.4 Å². The number of rotatable bonds is 3. The number of benzene rings is 2. The predicted octanol–water partition coefficient (Wildman–Crippen LogP) is 3.42. The first-order valence-electron chi connectivity index (χ1n) is 5.79. The van der Waals surface area contributed by atoms with E-state index in [9.17, 15) is 20.4 Å². The van der Waals surface area contributed by atoms with Gasteiger partial charge in [-0.25, -0.2) is 0 Å². The maximum atomic E-state index is 9.86. The van der Waals surface area contributed by atoms with Crippen LogP contribution in [0.4, 0.5) is 0 Å². The lowest BCUT2D eigenvalue weighted by molar-refractivity contribution is 0.395. The molecule has 2 aromatic rings. The molecule has 5 heteroatoms. The smallest absolute Gasteiger partial charge is 0.180 e. The molecule has 0 aliphatic rings. The highest BCUT2D eigenvalue weighted by atomic mass is 35.5. The molecule has 0 aromatic heterocycles. The quantitative estimate of drug-likeness (QED) is 0.516. The molecule has 104 valence electrons. The largest absolute Gasteiger partial charge is 0.508 e. The molecule has 20 heavy (non-hydrogen) atoms. The maximum absolute atomic E-state index is 9.86. The van der Waals surface area contributed by atoms with E-state index in [0.717, 1.165) is 5.56 Å². The van der Waals surface area contributed by atoms with E-state index >= 15 is 0 Å². The summed E-state index contributed by atoms with van der Waals surface area (Å²) < 4.78 is 0. The van der Waals surface area contributed by atoms with Crippen molar-refractivity contribution >= 4 is 17.2 Å². The third-order valence-corrected chi connectivity index (χ3v) is 3.31. The molecule has 0 bridgehead atoms. The van der Waals surface area contributed by atoms with E-state index in [1.54, 1.807) is 12.1 Å². The van der Waals surface area contributed by atoms with Crippen LogP contribution in [0.3, 0.4) is 0 Å². The highest BCUT2D eigenvalue weighted by Gasteiger charge is 2.16. The molecule has 2 rings (SSSR count). The van der Waals surface area contributed by atoms with Crippen molar-refractivity contribution in [3.63, 3.8) is 0 Å². The third-order valence-electron chi connectivity index (χ3n) is 2.95. The molecule has 0 unspecified atom stereocenters. The zero-order valence-corrected chi connectivity index (χ0v) is 11.2. The zero-order valence-electron chi connectivity index (χ0n) is 10.5. The van der Waals surface area contributed by atoms with Gasteiger partial charge >= 0.3 is 0 Å². The summed E-state index contributed by atoms with van der Waals surface area (Å²) >= 11 is 5.72. The van der Waals surface area contributed by atoms with E-state index in [0.29, 0.717) is 11.1 Å². The summed E-state index contributed by atoms with van der Waals surface area (Å²) in [7, 11) is 0. The molecule has 4 N–H and O–H groups in total. The topological polar surface area (TPSA) is 80.9 Å². The minimum atomic E-state index is -0.553. The molecule has 0 amide bonds. The summed E-state index contributed by atoms with van der Waals surface area (Å²) in [5.41, 5.74) is 1.80. The number of phenols is 4. The molecule has 0 atom stereocenters. The van der Waals surface area contributed by atoms with E-state index in [1.165, 1.54) is 18.2 Å². The summed E-state index contributed by atoms with van der Waals surface area (Å²) in [4.78, 5) is 0. The number of aromatic hydroxyl groups is 4. The summed E-state index contributed by atoms with van der Waals surface area (Å²) in [6.07, 6.45) is 0.240. The highest BCUT2D eigenvalue weighted by molar-refractivity contribution is 6.33. The Morgan fingerprint density at radius 3 is 2.20 bits per heavy atom. The molecule has 0 saturated heterocycles. The molecule has 0 aliphatic heterocycles. The van der Waals surface area contributed by atoms with Gasteiger partial charge in [-0.3, -0.25) is 0 Å². The molecule has 0 heterocycles. The molecule has 0 spiro atoms. The summed E-state index contributed by atoms with van der Waals surface area (Å²) in [5, 5.41) is 37.7. The molecule has 0 fully saturated rings. The molecule has 0 saturated carbocycles. The van der Waals surface area contributed by atoms with Crippen LogP contribution in [0.25, 0.3) is 5.57 Å². The van der Waals surface area contributed by atoms with Gasteiger partial charge in [0.25, 0.3) is 0 Å². The lowest BCUT2D eigenvalue weighted by Gasteiger charge is -2.11. The second-order valence-corrected chi connectivity index (χ2v) is 4.77. The maximum Gasteiger partial charge on any atom is 0.180 e. The zero-order chi connectivity index (χ0) is 14.9. The minimum absolute atomic E-state index is 0.148. The first kappa shape index (κ1) is 14.1. The number of hydrogen-bond donors (Lipinski definition) is 4. The van der Waals surface area contributed by atoms with E-state index < -0.39 is 11.5 Å². The minimum Gasteiger partial charge on any atom is -0.508 e. The number of phenolic OH excluding ortho intramolecular Hbond substituents is 4. The summed E-state index contributed by atoms with van der Waals surface area (Å²) in [6, 6.07) is 7.68. The van der Waals surface area contributed by atoms with Crippen LogP contribution >= 0.6 is 11.6 Å². The fraction of sp³-hybridized carbons (Fsp3) is 0.0667. The van der Waals surface area contributed by atoms with E-state index in [4.69, 9.17) is 11.6 Å². The first-order valence-corrected chi connectivity index (χ1v) is 6.17. The molecule has 0 radical (unpaired) electrons. The second-order valence-electron chi connectivity index (χ2n) is 4.39. The normalized spacial score (nSPS) is 10.4. The fourth-order valence-electron chi connectivity index (χ4n) is 1.83. The number of allylic oxidation sites excluding steroid dienone is 1. The Bertz CT molecular complexity index is 663. The lowest BCUT2D eigenvalue weighted by atomic mass is 9.98. The molecular weight excluding hydrogens is 280 g/mol. The highest BCUT2D eigenvalue weighted by Crippen LogP contribution is 2.43.